The SMILES string of the molecule is COC(=O)/C(=C1/OC(=O)C(O)=C1OCc1ccccc1)c1ccc(OCc2ccccc2)cc1. The summed E-state index contributed by atoms with van der Waals surface area (Å²) < 4.78 is 21.6. The molecule has 7 nitrogen and oxygen atoms in total. The van der Waals surface area contributed by atoms with Gasteiger partial charge in [0.1, 0.15) is 24.5 Å². The monoisotopic (exact) mass is 458 g/mol. The van der Waals surface area contributed by atoms with Crippen LogP contribution < -0.4 is 4.74 Å². The van der Waals surface area contributed by atoms with Gasteiger partial charge in [0.15, 0.2) is 5.76 Å². The minimum atomic E-state index is -1.01. The maximum absolute atomic E-state index is 12.7. The van der Waals surface area contributed by atoms with Crippen LogP contribution >= 0.6 is 0 Å². The van der Waals surface area contributed by atoms with Crippen LogP contribution in [0.15, 0.2) is 102 Å². The van der Waals surface area contributed by atoms with Crippen molar-refractivity contribution in [3.63, 3.8) is 0 Å². The lowest BCUT2D eigenvalue weighted by molar-refractivity contribution is -0.136. The summed E-state index contributed by atoms with van der Waals surface area (Å²) in [5, 5.41) is 10.3. The molecule has 3 aromatic carbocycles. The summed E-state index contributed by atoms with van der Waals surface area (Å²) in [5.74, 6) is -2.32. The zero-order valence-electron chi connectivity index (χ0n) is 18.4. The van der Waals surface area contributed by atoms with Crippen LogP contribution in [-0.2, 0) is 37.0 Å². The van der Waals surface area contributed by atoms with E-state index in [1.165, 1.54) is 7.11 Å². The van der Waals surface area contributed by atoms with Crippen LogP contribution in [0.2, 0.25) is 0 Å². The number of aliphatic hydroxyl groups is 1. The van der Waals surface area contributed by atoms with Crippen molar-refractivity contribution in [2.75, 3.05) is 7.11 Å². The fourth-order valence-corrected chi connectivity index (χ4v) is 3.32. The standard InChI is InChI=1S/C27H22O7/c1-31-26(29)22(20-12-14-21(15-13-20)32-16-18-8-4-2-5-9-18)24-25(23(28)27(30)34-24)33-17-19-10-6-3-7-11-19/h2-15,28H,16-17H2,1H3/b24-22+. The predicted molar refractivity (Wildman–Crippen MR) is 123 cm³/mol. The van der Waals surface area contributed by atoms with Gasteiger partial charge in [-0.05, 0) is 28.8 Å². The zero-order valence-corrected chi connectivity index (χ0v) is 18.4. The smallest absolute Gasteiger partial charge is 0.383 e. The topological polar surface area (TPSA) is 91.3 Å². The first kappa shape index (κ1) is 22.7. The molecule has 3 aromatic rings. The molecule has 1 N–H and O–H groups in total. The maximum atomic E-state index is 12.7. The highest BCUT2D eigenvalue weighted by Gasteiger charge is 2.37. The Bertz CT molecular complexity index is 1230. The number of aliphatic hydroxyl groups excluding tert-OH is 1. The molecule has 0 atom stereocenters. The van der Waals surface area contributed by atoms with E-state index < -0.39 is 17.7 Å². The van der Waals surface area contributed by atoms with E-state index in [-0.39, 0.29) is 23.7 Å². The van der Waals surface area contributed by atoms with E-state index in [1.54, 1.807) is 24.3 Å². The second-order valence-electron chi connectivity index (χ2n) is 7.34. The number of esters is 2. The second kappa shape index (κ2) is 10.4. The third-order valence-corrected chi connectivity index (χ3v) is 5.04. The molecule has 0 aliphatic carbocycles. The van der Waals surface area contributed by atoms with Gasteiger partial charge in [-0.1, -0.05) is 72.8 Å². The van der Waals surface area contributed by atoms with Crippen LogP contribution in [0.5, 0.6) is 5.75 Å². The molecule has 1 heterocycles. The van der Waals surface area contributed by atoms with Gasteiger partial charge in [-0.2, -0.15) is 0 Å². The minimum absolute atomic E-state index is 0.0566. The number of benzene rings is 3. The number of hydrogen-bond acceptors (Lipinski definition) is 7. The Morgan fingerprint density at radius 1 is 0.824 bits per heavy atom. The van der Waals surface area contributed by atoms with Crippen molar-refractivity contribution in [3.8, 4) is 5.75 Å². The summed E-state index contributed by atoms with van der Waals surface area (Å²) in [4.78, 5) is 24.8. The number of methoxy groups -OCH3 is 1. The highest BCUT2D eigenvalue weighted by Crippen LogP contribution is 2.34. The molecular formula is C27H22O7. The van der Waals surface area contributed by atoms with E-state index in [0.29, 0.717) is 17.9 Å². The summed E-state index contributed by atoms with van der Waals surface area (Å²) in [6.07, 6.45) is 0. The van der Waals surface area contributed by atoms with Crippen molar-refractivity contribution in [2.45, 2.75) is 13.2 Å². The Kier molecular flexibility index (Phi) is 6.93. The van der Waals surface area contributed by atoms with Gasteiger partial charge in [0, 0.05) is 0 Å². The lowest BCUT2D eigenvalue weighted by atomic mass is 10.0. The van der Waals surface area contributed by atoms with Crippen LogP contribution in [0.1, 0.15) is 16.7 Å². The molecule has 0 amide bonds. The van der Waals surface area contributed by atoms with Crippen LogP contribution in [0.3, 0.4) is 0 Å². The highest BCUT2D eigenvalue weighted by molar-refractivity contribution is 6.19. The first-order valence-corrected chi connectivity index (χ1v) is 10.5. The van der Waals surface area contributed by atoms with Crippen molar-refractivity contribution >= 4 is 17.5 Å². The number of ether oxygens (including phenoxy) is 4. The average molecular weight is 458 g/mol. The van der Waals surface area contributed by atoms with Gasteiger partial charge in [0.05, 0.1) is 7.11 Å². The first-order chi connectivity index (χ1) is 16.6. The van der Waals surface area contributed by atoms with Gasteiger partial charge in [0.2, 0.25) is 11.5 Å². The quantitative estimate of drug-likeness (QED) is 0.387. The Balaban J connectivity index is 1.61. The van der Waals surface area contributed by atoms with E-state index in [2.05, 4.69) is 0 Å². The summed E-state index contributed by atoms with van der Waals surface area (Å²) >= 11 is 0. The van der Waals surface area contributed by atoms with Gasteiger partial charge < -0.3 is 24.1 Å². The number of carbonyl (C=O) groups excluding carboxylic acids is 2. The van der Waals surface area contributed by atoms with Gasteiger partial charge in [-0.25, -0.2) is 9.59 Å². The van der Waals surface area contributed by atoms with Crippen molar-refractivity contribution in [1.29, 1.82) is 0 Å². The third kappa shape index (κ3) is 5.10. The van der Waals surface area contributed by atoms with E-state index >= 15 is 0 Å². The molecule has 0 bridgehead atoms. The highest BCUT2D eigenvalue weighted by atomic mass is 16.6. The summed E-state index contributed by atoms with van der Waals surface area (Å²) in [7, 11) is 1.21. The van der Waals surface area contributed by atoms with Crippen LogP contribution in [0.4, 0.5) is 0 Å². The van der Waals surface area contributed by atoms with E-state index in [0.717, 1.165) is 11.1 Å². The minimum Gasteiger partial charge on any atom is -0.499 e. The lowest BCUT2D eigenvalue weighted by Crippen LogP contribution is -2.10. The molecule has 0 saturated carbocycles. The van der Waals surface area contributed by atoms with Crippen LogP contribution in [-0.4, -0.2) is 24.2 Å². The molecular weight excluding hydrogens is 436 g/mol. The van der Waals surface area contributed by atoms with Crippen molar-refractivity contribution in [1.82, 2.24) is 0 Å². The summed E-state index contributed by atoms with van der Waals surface area (Å²) in [6.45, 7) is 0.442. The molecule has 0 saturated heterocycles. The molecule has 0 aromatic heterocycles. The van der Waals surface area contributed by atoms with E-state index in [4.69, 9.17) is 18.9 Å². The summed E-state index contributed by atoms with van der Waals surface area (Å²) in [5.41, 5.74) is 2.17. The largest absolute Gasteiger partial charge is 0.499 e. The number of rotatable bonds is 8. The molecule has 1 aliphatic rings. The first-order valence-electron chi connectivity index (χ1n) is 10.5. The van der Waals surface area contributed by atoms with E-state index in [1.807, 2.05) is 60.7 Å². The summed E-state index contributed by atoms with van der Waals surface area (Å²) in [6, 6.07) is 25.5. The molecule has 0 unspecified atom stereocenters. The fraction of sp³-hybridized carbons (Fsp3) is 0.111. The van der Waals surface area contributed by atoms with Crippen molar-refractivity contribution < 1.29 is 33.6 Å². The molecule has 172 valence electrons. The van der Waals surface area contributed by atoms with Crippen molar-refractivity contribution in [2.24, 2.45) is 0 Å². The number of carbonyl (C=O) groups is 2. The van der Waals surface area contributed by atoms with Crippen LogP contribution in [0.25, 0.3) is 5.57 Å². The Morgan fingerprint density at radius 2 is 1.38 bits per heavy atom. The Morgan fingerprint density at radius 3 is 1.94 bits per heavy atom. The number of hydrogen-bond donors (Lipinski definition) is 1. The van der Waals surface area contributed by atoms with Gasteiger partial charge in [0.25, 0.3) is 0 Å². The van der Waals surface area contributed by atoms with Gasteiger partial charge in [-0.3, -0.25) is 0 Å². The molecule has 0 radical (unpaired) electrons. The Hall–Kier alpha value is -4.52. The van der Waals surface area contributed by atoms with Gasteiger partial charge >= 0.3 is 11.9 Å². The van der Waals surface area contributed by atoms with Crippen molar-refractivity contribution in [3.05, 3.63) is 119 Å². The maximum Gasteiger partial charge on any atom is 0.383 e. The molecule has 0 fully saturated rings. The molecule has 34 heavy (non-hydrogen) atoms. The predicted octanol–water partition coefficient (Wildman–Crippen LogP) is 4.69. The third-order valence-electron chi connectivity index (χ3n) is 5.04. The lowest BCUT2D eigenvalue weighted by Gasteiger charge is -2.13. The van der Waals surface area contributed by atoms with Gasteiger partial charge in [-0.15, -0.1) is 0 Å². The molecule has 4 rings (SSSR count). The average Bonchev–Trinajstić information content (AvgIpc) is 3.16. The number of cyclic esters (lactones) is 1. The van der Waals surface area contributed by atoms with E-state index in [9.17, 15) is 14.7 Å². The zero-order chi connectivity index (χ0) is 23.9. The fourth-order valence-electron chi connectivity index (χ4n) is 3.32. The molecule has 0 spiro atoms. The second-order valence-corrected chi connectivity index (χ2v) is 7.34. The molecule has 7 heteroatoms. The normalized spacial score (nSPS) is 14.4. The Labute approximate surface area is 196 Å². The van der Waals surface area contributed by atoms with Crippen LogP contribution in [0, 0.1) is 0 Å². The molecule has 1 aliphatic heterocycles.